The Labute approximate surface area is 166 Å². The lowest BCUT2D eigenvalue weighted by molar-refractivity contribution is -0.124. The van der Waals surface area contributed by atoms with E-state index in [1.54, 1.807) is 14.0 Å². The lowest BCUT2D eigenvalue weighted by atomic mass is 10.2. The van der Waals surface area contributed by atoms with Crippen molar-refractivity contribution in [1.82, 2.24) is 4.90 Å². The average Bonchev–Trinajstić information content (AvgIpc) is 3.42. The number of benzene rings is 2. The average molecular weight is 381 g/mol. The summed E-state index contributed by atoms with van der Waals surface area (Å²) in [4.78, 5) is 13.6. The van der Waals surface area contributed by atoms with Crippen molar-refractivity contribution < 1.29 is 19.0 Å². The molecule has 1 saturated heterocycles. The highest BCUT2D eigenvalue weighted by Gasteiger charge is 2.47. The summed E-state index contributed by atoms with van der Waals surface area (Å²) in [5, 5.41) is 0. The van der Waals surface area contributed by atoms with Crippen molar-refractivity contribution in [2.45, 2.75) is 32.2 Å². The van der Waals surface area contributed by atoms with E-state index in [1.165, 1.54) is 0 Å². The van der Waals surface area contributed by atoms with Crippen molar-refractivity contribution in [3.05, 3.63) is 77.9 Å². The van der Waals surface area contributed by atoms with Crippen LogP contribution in [0, 0.1) is 0 Å². The number of hydrogen-bond acceptors (Lipinski definition) is 4. The van der Waals surface area contributed by atoms with E-state index in [9.17, 15) is 4.79 Å². The second kappa shape index (κ2) is 10.1. The van der Waals surface area contributed by atoms with Gasteiger partial charge in [0.05, 0.1) is 45.6 Å². The highest BCUT2D eigenvalue weighted by Crippen LogP contribution is 2.30. The molecule has 5 nitrogen and oxygen atoms in total. The Hall–Kier alpha value is -2.63. The third-order valence-electron chi connectivity index (χ3n) is 4.72. The molecule has 1 heterocycles. The Morgan fingerprint density at radius 2 is 1.68 bits per heavy atom. The van der Waals surface area contributed by atoms with E-state index in [1.807, 2.05) is 71.6 Å². The van der Waals surface area contributed by atoms with E-state index in [0.29, 0.717) is 26.4 Å². The van der Waals surface area contributed by atoms with Gasteiger partial charge in [0, 0.05) is 6.92 Å². The second-order valence-electron chi connectivity index (χ2n) is 6.78. The number of nitrogens with zero attached hydrogens (tertiary/aromatic N) is 1. The van der Waals surface area contributed by atoms with Crippen LogP contribution in [0.25, 0.3) is 0 Å². The summed E-state index contributed by atoms with van der Waals surface area (Å²) in [5.41, 5.74) is 2.23. The fourth-order valence-electron chi connectivity index (χ4n) is 3.18. The van der Waals surface area contributed by atoms with E-state index < -0.39 is 0 Å². The minimum atomic E-state index is 0.0714. The van der Waals surface area contributed by atoms with Gasteiger partial charge in [0.25, 0.3) is 0 Å². The SMILES string of the molecule is COc1ccc(COC/C=C/[C@@H]2[C@@H](COCc3ccccc3)N2C(C)=O)cc1. The molecule has 28 heavy (non-hydrogen) atoms. The van der Waals surface area contributed by atoms with Crippen molar-refractivity contribution in [3.63, 3.8) is 0 Å². The predicted molar refractivity (Wildman–Crippen MR) is 108 cm³/mol. The molecule has 0 spiro atoms. The maximum Gasteiger partial charge on any atom is 0.220 e. The highest BCUT2D eigenvalue weighted by molar-refractivity contribution is 5.77. The number of amides is 1. The molecule has 1 aliphatic rings. The van der Waals surface area contributed by atoms with Crippen LogP contribution in [0.15, 0.2) is 66.7 Å². The van der Waals surface area contributed by atoms with Gasteiger partial charge in [-0.2, -0.15) is 0 Å². The molecule has 5 heteroatoms. The summed E-state index contributed by atoms with van der Waals surface area (Å²) < 4.78 is 16.6. The lowest BCUT2D eigenvalue weighted by Crippen LogP contribution is -2.12. The number of hydrogen-bond donors (Lipinski definition) is 0. The standard InChI is InChI=1S/C23H27NO4/c1-18(25)24-22(23(24)17-28-16-19-7-4-3-5-8-19)9-6-14-27-15-20-10-12-21(26-2)13-11-20/h3-13,22-23H,14-17H2,1-2H3/b9-6+/t22-,23-,24?/m1/s1. The monoisotopic (exact) mass is 381 g/mol. The summed E-state index contributed by atoms with van der Waals surface area (Å²) in [6, 6.07) is 18.1. The molecule has 2 aromatic carbocycles. The number of rotatable bonds is 10. The minimum absolute atomic E-state index is 0.0714. The Bertz CT molecular complexity index is 773. The second-order valence-corrected chi connectivity index (χ2v) is 6.78. The predicted octanol–water partition coefficient (Wildman–Crippen LogP) is 3.58. The molecule has 148 valence electrons. The van der Waals surface area contributed by atoms with Gasteiger partial charge in [0.2, 0.25) is 5.91 Å². The summed E-state index contributed by atoms with van der Waals surface area (Å²) in [5.74, 6) is 0.907. The van der Waals surface area contributed by atoms with E-state index in [2.05, 4.69) is 0 Å². The van der Waals surface area contributed by atoms with Gasteiger partial charge in [-0.1, -0.05) is 54.6 Å². The largest absolute Gasteiger partial charge is 0.497 e. The van der Waals surface area contributed by atoms with Crippen molar-refractivity contribution in [1.29, 1.82) is 0 Å². The number of methoxy groups -OCH3 is 1. The molecule has 1 amide bonds. The fourth-order valence-corrected chi connectivity index (χ4v) is 3.18. The van der Waals surface area contributed by atoms with Crippen LogP contribution in [0.5, 0.6) is 5.75 Å². The zero-order valence-corrected chi connectivity index (χ0v) is 16.4. The van der Waals surface area contributed by atoms with Crippen LogP contribution >= 0.6 is 0 Å². The molecule has 0 aromatic heterocycles. The van der Waals surface area contributed by atoms with Gasteiger partial charge < -0.3 is 19.1 Å². The van der Waals surface area contributed by atoms with Gasteiger partial charge in [-0.25, -0.2) is 0 Å². The normalized spacial score (nSPS) is 18.4. The Morgan fingerprint density at radius 3 is 2.36 bits per heavy atom. The Morgan fingerprint density at radius 1 is 1.00 bits per heavy atom. The molecule has 0 radical (unpaired) electrons. The molecule has 0 unspecified atom stereocenters. The molecule has 2 atom stereocenters. The third kappa shape index (κ3) is 5.68. The fraction of sp³-hybridized carbons (Fsp3) is 0.348. The van der Waals surface area contributed by atoms with Gasteiger partial charge in [-0.3, -0.25) is 4.79 Å². The molecular formula is C23H27NO4. The first-order chi connectivity index (χ1) is 13.7. The van der Waals surface area contributed by atoms with Crippen LogP contribution in [-0.4, -0.2) is 43.2 Å². The third-order valence-corrected chi connectivity index (χ3v) is 4.72. The lowest BCUT2D eigenvalue weighted by Gasteiger charge is -2.03. The maximum atomic E-state index is 11.8. The van der Waals surface area contributed by atoms with Gasteiger partial charge in [0.15, 0.2) is 0 Å². The first-order valence-corrected chi connectivity index (χ1v) is 9.47. The van der Waals surface area contributed by atoms with Gasteiger partial charge in [0.1, 0.15) is 5.75 Å². The van der Waals surface area contributed by atoms with Crippen LogP contribution in [0.3, 0.4) is 0 Å². The first kappa shape index (κ1) is 20.1. The van der Waals surface area contributed by atoms with Crippen LogP contribution in [-0.2, 0) is 27.5 Å². The van der Waals surface area contributed by atoms with Crippen LogP contribution < -0.4 is 4.74 Å². The van der Waals surface area contributed by atoms with Crippen LogP contribution in [0.2, 0.25) is 0 Å². The Kier molecular flexibility index (Phi) is 7.23. The smallest absolute Gasteiger partial charge is 0.220 e. The molecular weight excluding hydrogens is 354 g/mol. The van der Waals surface area contributed by atoms with Crippen molar-refractivity contribution in [2.75, 3.05) is 20.3 Å². The molecule has 1 aliphatic heterocycles. The van der Waals surface area contributed by atoms with Crippen LogP contribution in [0.1, 0.15) is 18.1 Å². The number of ether oxygens (including phenoxy) is 3. The van der Waals surface area contributed by atoms with Gasteiger partial charge in [-0.05, 0) is 23.3 Å². The molecule has 0 saturated carbocycles. The summed E-state index contributed by atoms with van der Waals surface area (Å²) in [7, 11) is 1.65. The minimum Gasteiger partial charge on any atom is -0.497 e. The molecule has 2 aromatic rings. The topological polar surface area (TPSA) is 47.8 Å². The van der Waals surface area contributed by atoms with E-state index in [4.69, 9.17) is 14.2 Å². The quantitative estimate of drug-likeness (QED) is 0.359. The van der Waals surface area contributed by atoms with Gasteiger partial charge >= 0.3 is 0 Å². The zero-order valence-electron chi connectivity index (χ0n) is 16.4. The maximum absolute atomic E-state index is 11.8. The number of carbonyl (C=O) groups is 1. The summed E-state index contributed by atoms with van der Waals surface area (Å²) >= 11 is 0. The van der Waals surface area contributed by atoms with Crippen molar-refractivity contribution in [3.8, 4) is 5.75 Å². The van der Waals surface area contributed by atoms with E-state index >= 15 is 0 Å². The van der Waals surface area contributed by atoms with Crippen molar-refractivity contribution in [2.24, 2.45) is 0 Å². The number of carbonyl (C=O) groups excluding carboxylic acids is 1. The van der Waals surface area contributed by atoms with Crippen molar-refractivity contribution >= 4 is 5.91 Å². The molecule has 1 fully saturated rings. The summed E-state index contributed by atoms with van der Waals surface area (Å²) in [6.45, 7) is 3.74. The molecule has 0 bridgehead atoms. The highest BCUT2D eigenvalue weighted by atomic mass is 16.5. The van der Waals surface area contributed by atoms with E-state index in [0.717, 1.165) is 16.9 Å². The first-order valence-electron chi connectivity index (χ1n) is 9.47. The van der Waals surface area contributed by atoms with Crippen LogP contribution in [0.4, 0.5) is 0 Å². The van der Waals surface area contributed by atoms with E-state index in [-0.39, 0.29) is 18.0 Å². The Balaban J connectivity index is 1.38. The zero-order chi connectivity index (χ0) is 19.8. The molecule has 0 aliphatic carbocycles. The molecule has 3 rings (SSSR count). The summed E-state index contributed by atoms with van der Waals surface area (Å²) in [6.07, 6.45) is 4.01. The molecule has 0 N–H and O–H groups in total. The van der Waals surface area contributed by atoms with Gasteiger partial charge in [-0.15, -0.1) is 0 Å².